The van der Waals surface area contributed by atoms with Gasteiger partial charge in [-0.15, -0.1) is 11.3 Å². The minimum absolute atomic E-state index is 0.0558. The third kappa shape index (κ3) is 3.23. The molecule has 4 heterocycles. The van der Waals surface area contributed by atoms with Crippen LogP contribution >= 0.6 is 11.3 Å². The highest BCUT2D eigenvalue weighted by Gasteiger charge is 2.35. The van der Waals surface area contributed by atoms with E-state index in [1.54, 1.807) is 22.5 Å². The van der Waals surface area contributed by atoms with Crippen LogP contribution in [0.5, 0.6) is 0 Å². The molecule has 0 spiro atoms. The van der Waals surface area contributed by atoms with Crippen LogP contribution in [0.1, 0.15) is 29.2 Å². The molecular formula is C22H17N5O4S2. The maximum atomic E-state index is 13.1. The lowest BCUT2D eigenvalue weighted by Gasteiger charge is -2.18. The summed E-state index contributed by atoms with van der Waals surface area (Å²) in [6, 6.07) is 12.1. The topological polar surface area (TPSA) is 114 Å². The van der Waals surface area contributed by atoms with Gasteiger partial charge < -0.3 is 10.2 Å². The number of anilines is 1. The second-order valence-electron chi connectivity index (χ2n) is 8.04. The van der Waals surface area contributed by atoms with Crippen LogP contribution in [0, 0.1) is 0 Å². The number of amides is 2. The van der Waals surface area contributed by atoms with Crippen molar-refractivity contribution in [3.8, 4) is 0 Å². The molecule has 4 aromatic rings. The molecule has 0 bridgehead atoms. The Morgan fingerprint density at radius 2 is 2.03 bits per heavy atom. The average molecular weight is 480 g/mol. The first kappa shape index (κ1) is 20.1. The summed E-state index contributed by atoms with van der Waals surface area (Å²) in [5, 5.41) is 7.07. The van der Waals surface area contributed by atoms with Crippen molar-refractivity contribution in [2.24, 2.45) is 0 Å². The maximum absolute atomic E-state index is 13.1. The zero-order chi connectivity index (χ0) is 22.7. The molecule has 2 aromatic heterocycles. The number of nitrogens with zero attached hydrogens (tertiary/aromatic N) is 4. The molecule has 1 atom stereocenters. The predicted molar refractivity (Wildman–Crippen MR) is 121 cm³/mol. The van der Waals surface area contributed by atoms with Crippen molar-refractivity contribution < 1.29 is 18.0 Å². The van der Waals surface area contributed by atoms with Gasteiger partial charge in [-0.1, -0.05) is 18.2 Å². The Balaban J connectivity index is 1.19. The number of rotatable bonds is 4. The quantitative estimate of drug-likeness (QED) is 0.481. The summed E-state index contributed by atoms with van der Waals surface area (Å²) in [6.07, 6.45) is 1.52. The van der Waals surface area contributed by atoms with Gasteiger partial charge in [0.2, 0.25) is 11.8 Å². The van der Waals surface area contributed by atoms with Crippen LogP contribution in [0.3, 0.4) is 0 Å². The Kier molecular flexibility index (Phi) is 4.39. The van der Waals surface area contributed by atoms with Crippen molar-refractivity contribution in [2.45, 2.75) is 30.3 Å². The van der Waals surface area contributed by atoms with Gasteiger partial charge in [-0.2, -0.15) is 17.6 Å². The molecule has 2 aliphatic rings. The van der Waals surface area contributed by atoms with E-state index in [9.17, 15) is 18.0 Å². The van der Waals surface area contributed by atoms with Crippen molar-refractivity contribution in [3.63, 3.8) is 0 Å². The van der Waals surface area contributed by atoms with Crippen molar-refractivity contribution in [3.05, 3.63) is 71.0 Å². The number of thiazole rings is 1. The van der Waals surface area contributed by atoms with Crippen molar-refractivity contribution >= 4 is 49.1 Å². The van der Waals surface area contributed by atoms with Crippen LogP contribution in [0.4, 0.5) is 5.69 Å². The number of hydrogen-bond acceptors (Lipinski definition) is 7. The number of hydrogen-bond donors (Lipinski definition) is 1. The highest BCUT2D eigenvalue weighted by atomic mass is 32.2. The number of carbonyl (C=O) groups is 2. The fourth-order valence-electron chi connectivity index (χ4n) is 4.31. The molecule has 0 aliphatic carbocycles. The first-order valence-corrected chi connectivity index (χ1v) is 12.6. The smallest absolute Gasteiger partial charge is 0.283 e. The highest BCUT2D eigenvalue weighted by Crippen LogP contribution is 2.35. The largest absolute Gasteiger partial charge is 0.332 e. The molecular weight excluding hydrogens is 462 g/mol. The van der Waals surface area contributed by atoms with Gasteiger partial charge in [-0.3, -0.25) is 9.59 Å². The van der Waals surface area contributed by atoms with Crippen molar-refractivity contribution in [1.82, 2.24) is 19.1 Å². The van der Waals surface area contributed by atoms with Gasteiger partial charge >= 0.3 is 0 Å². The minimum Gasteiger partial charge on any atom is -0.332 e. The number of para-hydroxylation sites is 1. The van der Waals surface area contributed by atoms with Gasteiger partial charge in [0.15, 0.2) is 0 Å². The Morgan fingerprint density at radius 1 is 1.18 bits per heavy atom. The van der Waals surface area contributed by atoms with E-state index in [-0.39, 0.29) is 36.2 Å². The van der Waals surface area contributed by atoms with Crippen molar-refractivity contribution in [1.29, 1.82) is 0 Å². The summed E-state index contributed by atoms with van der Waals surface area (Å²) in [7, 11) is -3.86. The van der Waals surface area contributed by atoms with E-state index in [0.717, 1.165) is 25.6 Å². The zero-order valence-electron chi connectivity index (χ0n) is 17.1. The molecule has 0 saturated carbocycles. The van der Waals surface area contributed by atoms with E-state index in [4.69, 9.17) is 0 Å². The third-order valence-corrected chi connectivity index (χ3v) is 8.37. The van der Waals surface area contributed by atoms with E-state index in [1.807, 2.05) is 24.3 Å². The predicted octanol–water partition coefficient (Wildman–Crippen LogP) is 2.70. The lowest BCUT2D eigenvalue weighted by atomic mass is 9.97. The summed E-state index contributed by atoms with van der Waals surface area (Å²) < 4.78 is 27.9. The summed E-state index contributed by atoms with van der Waals surface area (Å²) >= 11 is 1.37. The van der Waals surface area contributed by atoms with E-state index < -0.39 is 15.9 Å². The van der Waals surface area contributed by atoms with E-state index in [0.29, 0.717) is 11.3 Å². The maximum Gasteiger partial charge on any atom is 0.283 e. The van der Waals surface area contributed by atoms with Gasteiger partial charge in [0.05, 0.1) is 38.8 Å². The standard InChI is InChI=1S/C22H17N5O4S2/c28-21(8-16-15-3-1-2-4-17(15)24-22(16)29)26-9-13-10-27(25-19(13)11-26)33(30,31)14-5-6-18-20(7-14)32-12-23-18/h1-7,10,12,16H,8-9,11H2,(H,24,29)/t16-/m1/s1. The summed E-state index contributed by atoms with van der Waals surface area (Å²) in [5.41, 5.74) is 5.20. The first-order chi connectivity index (χ1) is 15.9. The Labute approximate surface area is 192 Å². The molecule has 11 heteroatoms. The molecule has 0 radical (unpaired) electrons. The Morgan fingerprint density at radius 3 is 2.88 bits per heavy atom. The molecule has 6 rings (SSSR count). The van der Waals surface area contributed by atoms with Crippen LogP contribution in [0.25, 0.3) is 10.2 Å². The van der Waals surface area contributed by atoms with Crippen LogP contribution < -0.4 is 5.32 Å². The fourth-order valence-corrected chi connectivity index (χ4v) is 6.30. The lowest BCUT2D eigenvalue weighted by molar-refractivity contribution is -0.134. The molecule has 0 fully saturated rings. The molecule has 0 unspecified atom stereocenters. The van der Waals surface area contributed by atoms with Crippen LogP contribution in [-0.4, -0.2) is 39.3 Å². The van der Waals surface area contributed by atoms with Gasteiger partial charge in [0, 0.05) is 30.4 Å². The average Bonchev–Trinajstić information content (AvgIpc) is 3.56. The SMILES string of the molecule is O=C1Nc2ccccc2[C@H]1CC(=O)N1Cc2cn(S(=O)(=O)c3ccc4ncsc4c3)nc2C1. The van der Waals surface area contributed by atoms with Gasteiger partial charge in [0.1, 0.15) is 0 Å². The monoisotopic (exact) mass is 479 g/mol. The van der Waals surface area contributed by atoms with Gasteiger partial charge in [-0.05, 0) is 29.8 Å². The molecule has 9 nitrogen and oxygen atoms in total. The summed E-state index contributed by atoms with van der Waals surface area (Å²) in [5.74, 6) is -0.880. The number of carbonyl (C=O) groups excluding carboxylic acids is 2. The molecule has 1 N–H and O–H groups in total. The lowest BCUT2D eigenvalue weighted by Crippen LogP contribution is -2.29. The molecule has 2 aliphatic heterocycles. The van der Waals surface area contributed by atoms with Crippen LogP contribution in [0.15, 0.2) is 59.1 Å². The molecule has 0 saturated heterocycles. The second-order valence-corrected chi connectivity index (χ2v) is 10.7. The normalized spacial score (nSPS) is 17.3. The Hall–Kier alpha value is -3.57. The molecule has 2 aromatic carbocycles. The van der Waals surface area contributed by atoms with Crippen LogP contribution in [0.2, 0.25) is 0 Å². The van der Waals surface area contributed by atoms with Crippen LogP contribution in [-0.2, 0) is 32.7 Å². The highest BCUT2D eigenvalue weighted by molar-refractivity contribution is 7.89. The molecule has 166 valence electrons. The molecule has 33 heavy (non-hydrogen) atoms. The zero-order valence-corrected chi connectivity index (χ0v) is 18.8. The fraction of sp³-hybridized carbons (Fsp3) is 0.182. The van der Waals surface area contributed by atoms with Gasteiger partial charge in [-0.25, -0.2) is 4.98 Å². The second kappa shape index (κ2) is 7.22. The van der Waals surface area contributed by atoms with E-state index in [2.05, 4.69) is 15.4 Å². The summed E-state index contributed by atoms with van der Waals surface area (Å²) in [6.45, 7) is 0.466. The number of fused-ring (bicyclic) bond motifs is 3. The number of nitrogens with one attached hydrogen (secondary N) is 1. The van der Waals surface area contributed by atoms with Crippen molar-refractivity contribution in [2.75, 3.05) is 5.32 Å². The van der Waals surface area contributed by atoms with E-state index in [1.165, 1.54) is 23.6 Å². The van der Waals surface area contributed by atoms with Gasteiger partial charge in [0.25, 0.3) is 10.0 Å². The first-order valence-electron chi connectivity index (χ1n) is 10.2. The Bertz CT molecular complexity index is 1530. The minimum atomic E-state index is -3.86. The number of benzene rings is 2. The summed E-state index contributed by atoms with van der Waals surface area (Å²) in [4.78, 5) is 31.2. The van der Waals surface area contributed by atoms with E-state index >= 15 is 0 Å². The third-order valence-electron chi connectivity index (χ3n) is 6.05. The molecule has 2 amide bonds. The number of aromatic nitrogens is 3.